The van der Waals surface area contributed by atoms with Crippen molar-refractivity contribution in [2.45, 2.75) is 91.3 Å². The molecular formula is C36H45FN2O4. The van der Waals surface area contributed by atoms with Gasteiger partial charge in [0, 0.05) is 42.0 Å². The van der Waals surface area contributed by atoms with Crippen molar-refractivity contribution in [3.05, 3.63) is 76.9 Å². The zero-order chi connectivity index (χ0) is 30.8. The molecule has 1 aliphatic carbocycles. The smallest absolute Gasteiger partial charge is 0.337 e. The van der Waals surface area contributed by atoms with Crippen LogP contribution in [0.4, 0.5) is 10.1 Å². The van der Waals surface area contributed by atoms with Crippen LogP contribution in [-0.4, -0.2) is 41.4 Å². The number of carboxylic acid groups (broad SMARTS) is 1. The highest BCUT2D eigenvalue weighted by Crippen LogP contribution is 2.49. The van der Waals surface area contributed by atoms with Crippen LogP contribution in [0.25, 0.3) is 11.1 Å². The minimum absolute atomic E-state index is 0.244. The van der Waals surface area contributed by atoms with Crippen LogP contribution in [0, 0.1) is 25.1 Å². The van der Waals surface area contributed by atoms with E-state index in [2.05, 4.69) is 4.90 Å². The van der Waals surface area contributed by atoms with Crippen molar-refractivity contribution >= 4 is 11.7 Å². The molecule has 0 unspecified atom stereocenters. The Morgan fingerprint density at radius 2 is 1.65 bits per heavy atom. The van der Waals surface area contributed by atoms with E-state index in [4.69, 9.17) is 14.5 Å². The van der Waals surface area contributed by atoms with Gasteiger partial charge in [0.25, 0.3) is 0 Å². The van der Waals surface area contributed by atoms with Crippen LogP contribution in [0.5, 0.6) is 5.75 Å². The fraction of sp³-hybridized carbons (Fsp3) is 0.500. The number of aromatic nitrogens is 1. The highest BCUT2D eigenvalue weighted by molar-refractivity contribution is 5.88. The number of nitrogens with zero attached hydrogens (tertiary/aromatic N) is 2. The van der Waals surface area contributed by atoms with E-state index < -0.39 is 17.7 Å². The van der Waals surface area contributed by atoms with Crippen LogP contribution in [-0.2, 0) is 16.0 Å². The van der Waals surface area contributed by atoms with Crippen molar-refractivity contribution in [2.24, 2.45) is 5.41 Å². The van der Waals surface area contributed by atoms with Crippen molar-refractivity contribution in [3.8, 4) is 16.9 Å². The number of piperidine rings is 1. The molecule has 230 valence electrons. The van der Waals surface area contributed by atoms with Crippen molar-refractivity contribution < 1.29 is 23.8 Å². The summed E-state index contributed by atoms with van der Waals surface area (Å²) in [6.07, 6.45) is 6.81. The van der Waals surface area contributed by atoms with Crippen LogP contribution >= 0.6 is 0 Å². The maximum Gasteiger partial charge on any atom is 0.337 e. The highest BCUT2D eigenvalue weighted by atomic mass is 19.1. The summed E-state index contributed by atoms with van der Waals surface area (Å²) in [5.41, 5.74) is 5.73. The van der Waals surface area contributed by atoms with Crippen molar-refractivity contribution in [3.63, 3.8) is 0 Å². The molecule has 3 aromatic rings. The fourth-order valence-corrected chi connectivity index (χ4v) is 7.01. The van der Waals surface area contributed by atoms with E-state index in [-0.39, 0.29) is 11.2 Å². The third-order valence-electron chi connectivity index (χ3n) is 8.89. The van der Waals surface area contributed by atoms with Gasteiger partial charge in [0.05, 0.1) is 17.9 Å². The van der Waals surface area contributed by atoms with E-state index in [0.717, 1.165) is 53.3 Å². The molecule has 2 aromatic carbocycles. The van der Waals surface area contributed by atoms with Crippen LogP contribution < -0.4 is 9.64 Å². The molecule has 2 heterocycles. The summed E-state index contributed by atoms with van der Waals surface area (Å²) < 4.78 is 25.5. The Balaban J connectivity index is 1.52. The van der Waals surface area contributed by atoms with Gasteiger partial charge in [-0.25, -0.2) is 9.18 Å². The van der Waals surface area contributed by atoms with Gasteiger partial charge >= 0.3 is 5.97 Å². The lowest BCUT2D eigenvalue weighted by molar-refractivity contribution is -0.160. The first-order chi connectivity index (χ1) is 20.4. The third-order valence-corrected chi connectivity index (χ3v) is 8.89. The third kappa shape index (κ3) is 7.20. The van der Waals surface area contributed by atoms with Gasteiger partial charge in [0.15, 0.2) is 6.10 Å². The molecule has 1 atom stereocenters. The van der Waals surface area contributed by atoms with Gasteiger partial charge in [-0.1, -0.05) is 37.1 Å². The molecule has 1 N–H and O–H groups in total. The van der Waals surface area contributed by atoms with E-state index in [9.17, 15) is 14.3 Å². The predicted octanol–water partition coefficient (Wildman–Crippen LogP) is 8.23. The van der Waals surface area contributed by atoms with Gasteiger partial charge in [-0.05, 0) is 101 Å². The number of hydrogen-bond donors (Lipinski definition) is 1. The highest BCUT2D eigenvalue weighted by Gasteiger charge is 2.41. The Morgan fingerprint density at radius 1 is 1.00 bits per heavy atom. The predicted molar refractivity (Wildman–Crippen MR) is 168 cm³/mol. The number of pyridine rings is 1. The summed E-state index contributed by atoms with van der Waals surface area (Å²) in [5, 5.41) is 10.5. The summed E-state index contributed by atoms with van der Waals surface area (Å²) >= 11 is 0. The Morgan fingerprint density at radius 3 is 2.28 bits per heavy atom. The minimum atomic E-state index is -1.14. The number of carbonyl (C=O) groups is 1. The first-order valence-corrected chi connectivity index (χ1v) is 15.6. The van der Waals surface area contributed by atoms with Gasteiger partial charge in [0.2, 0.25) is 0 Å². The largest absolute Gasteiger partial charge is 0.493 e. The topological polar surface area (TPSA) is 71.9 Å². The molecule has 5 rings (SSSR count). The quantitative estimate of drug-likeness (QED) is 0.272. The molecule has 0 radical (unpaired) electrons. The number of aryl methyl sites for hydroxylation is 2. The molecule has 1 aliphatic heterocycles. The molecule has 2 aliphatic rings. The molecule has 1 saturated carbocycles. The Kier molecular flexibility index (Phi) is 9.12. The number of hydrogen-bond acceptors (Lipinski definition) is 5. The zero-order valence-electron chi connectivity index (χ0n) is 26.2. The van der Waals surface area contributed by atoms with Crippen LogP contribution in [0.2, 0.25) is 0 Å². The molecule has 1 saturated heterocycles. The lowest BCUT2D eigenvalue weighted by Crippen LogP contribution is -2.43. The fourth-order valence-electron chi connectivity index (χ4n) is 7.01. The molecule has 1 aromatic heterocycles. The van der Waals surface area contributed by atoms with Crippen molar-refractivity contribution in [1.29, 1.82) is 0 Å². The van der Waals surface area contributed by atoms with Gasteiger partial charge in [-0.2, -0.15) is 0 Å². The second kappa shape index (κ2) is 12.7. The summed E-state index contributed by atoms with van der Waals surface area (Å²) in [6.45, 7) is 11.9. The molecule has 6 nitrogen and oxygen atoms in total. The SMILES string of the molecule is Cc1nc(C)c([C@H](OC(C)(C)C)C(=O)O)c(N2CCCC3(CCCC3)C2)c1-c1ccc(OCCc2ccc(F)cc2)cc1. The maximum atomic E-state index is 13.2. The first kappa shape index (κ1) is 31.0. The van der Waals surface area contributed by atoms with E-state index >= 15 is 0 Å². The number of rotatable bonds is 9. The second-order valence-electron chi connectivity index (χ2n) is 13.3. The summed E-state index contributed by atoms with van der Waals surface area (Å²) in [6, 6.07) is 14.5. The first-order valence-electron chi connectivity index (χ1n) is 15.6. The Hall–Kier alpha value is -3.45. The van der Waals surface area contributed by atoms with E-state index in [0.29, 0.717) is 24.3 Å². The number of benzene rings is 2. The minimum Gasteiger partial charge on any atom is -0.493 e. The number of carboxylic acids is 1. The second-order valence-corrected chi connectivity index (χ2v) is 13.3. The number of aliphatic carboxylic acids is 1. The molecular weight excluding hydrogens is 543 g/mol. The van der Waals surface area contributed by atoms with Crippen LogP contribution in [0.3, 0.4) is 0 Å². The van der Waals surface area contributed by atoms with Gasteiger partial charge in [-0.15, -0.1) is 0 Å². The molecule has 7 heteroatoms. The van der Waals surface area contributed by atoms with Crippen LogP contribution in [0.1, 0.15) is 87.9 Å². The number of halogens is 1. The summed E-state index contributed by atoms with van der Waals surface area (Å²) in [5.74, 6) is -0.507. The van der Waals surface area contributed by atoms with Crippen molar-refractivity contribution in [1.82, 2.24) is 4.98 Å². The number of anilines is 1. The monoisotopic (exact) mass is 588 g/mol. The normalized spacial score (nSPS) is 17.3. The van der Waals surface area contributed by atoms with Crippen molar-refractivity contribution in [2.75, 3.05) is 24.6 Å². The summed E-state index contributed by atoms with van der Waals surface area (Å²) in [4.78, 5) is 20.2. The lowest BCUT2D eigenvalue weighted by atomic mass is 9.77. The zero-order valence-corrected chi connectivity index (χ0v) is 26.2. The molecule has 1 spiro atoms. The average Bonchev–Trinajstić information content (AvgIpc) is 3.40. The van der Waals surface area contributed by atoms with Gasteiger partial charge in [0.1, 0.15) is 11.6 Å². The van der Waals surface area contributed by atoms with Gasteiger partial charge in [-0.3, -0.25) is 4.98 Å². The lowest BCUT2D eigenvalue weighted by Gasteiger charge is -2.44. The van der Waals surface area contributed by atoms with Gasteiger partial charge < -0.3 is 19.5 Å². The summed E-state index contributed by atoms with van der Waals surface area (Å²) in [7, 11) is 0. The average molecular weight is 589 g/mol. The van der Waals surface area contributed by atoms with E-state index in [1.807, 2.05) is 58.9 Å². The molecule has 43 heavy (non-hydrogen) atoms. The van der Waals surface area contributed by atoms with E-state index in [1.54, 1.807) is 12.1 Å². The number of ether oxygens (including phenoxy) is 2. The Bertz CT molecular complexity index is 1420. The molecule has 0 amide bonds. The van der Waals surface area contributed by atoms with E-state index in [1.165, 1.54) is 44.2 Å². The van der Waals surface area contributed by atoms with Crippen LogP contribution in [0.15, 0.2) is 48.5 Å². The maximum absolute atomic E-state index is 13.2. The molecule has 2 fully saturated rings. The standard InChI is InChI=1S/C36H45FN2O4/c1-24-30(27-11-15-29(16-12-27)42-22-17-26-9-13-28(37)14-10-26)32(39-21-8-20-36(23-39)18-6-7-19-36)31(25(2)38-24)33(34(40)41)43-35(3,4)5/h9-16,33H,6-8,17-23H2,1-5H3,(H,40,41)/t33-/m0/s1. The Labute approximate surface area is 255 Å². The molecule has 0 bridgehead atoms.